The molecule has 0 saturated carbocycles. The standard InChI is InChI=1S/C45H41N3O6/c46-42(52)39(27-41(50)51)44(29-49)25-24-33(48-45(30-14-4-1-5-15-30,31-16-6-2-7-17-31)32-18-8-3-9-19-32)26-40(44)47-43(53)54-28-38-36-22-12-10-20-34(36)35-21-11-13-23-37(35)38/h1-26,38-40,48-49H,27-29H2,(H2,46,52)(H,47,53)(H,50,51)/t39-,40?,44?/m0/s1. The van der Waals surface area contributed by atoms with Crippen molar-refractivity contribution in [2.75, 3.05) is 13.2 Å². The number of carboxylic acids is 1. The van der Waals surface area contributed by atoms with Crippen LogP contribution in [0.5, 0.6) is 0 Å². The number of allylic oxidation sites excluding steroid dienone is 1. The van der Waals surface area contributed by atoms with Crippen molar-refractivity contribution in [3.63, 3.8) is 0 Å². The summed E-state index contributed by atoms with van der Waals surface area (Å²) in [6.07, 6.45) is 3.51. The minimum Gasteiger partial charge on any atom is -0.481 e. The average Bonchev–Trinajstić information content (AvgIpc) is 3.53. The number of hydrogen-bond donors (Lipinski definition) is 5. The Bertz CT molecular complexity index is 2060. The highest BCUT2D eigenvalue weighted by Crippen LogP contribution is 2.45. The van der Waals surface area contributed by atoms with Gasteiger partial charge in [0.15, 0.2) is 0 Å². The number of aliphatic hydroxyl groups is 1. The van der Waals surface area contributed by atoms with Gasteiger partial charge < -0.3 is 31.3 Å². The number of primary amides is 1. The molecule has 0 saturated heterocycles. The first-order chi connectivity index (χ1) is 26.3. The van der Waals surface area contributed by atoms with Gasteiger partial charge in [-0.05, 0) is 51.1 Å². The first kappa shape index (κ1) is 35.9. The predicted octanol–water partition coefficient (Wildman–Crippen LogP) is 6.48. The molecular formula is C45H41N3O6. The van der Waals surface area contributed by atoms with Crippen molar-refractivity contribution in [3.8, 4) is 11.1 Å². The first-order valence-corrected chi connectivity index (χ1v) is 17.9. The second-order valence-corrected chi connectivity index (χ2v) is 13.7. The molecule has 5 aromatic carbocycles. The summed E-state index contributed by atoms with van der Waals surface area (Å²) in [5.74, 6) is -3.79. The van der Waals surface area contributed by atoms with Crippen LogP contribution in [0.2, 0.25) is 0 Å². The first-order valence-electron chi connectivity index (χ1n) is 17.9. The van der Waals surface area contributed by atoms with Crippen LogP contribution < -0.4 is 16.4 Å². The van der Waals surface area contributed by atoms with Gasteiger partial charge in [0.2, 0.25) is 5.91 Å². The van der Waals surface area contributed by atoms with Crippen molar-refractivity contribution in [1.29, 1.82) is 0 Å². The third-order valence-corrected chi connectivity index (χ3v) is 10.7. The molecule has 6 N–H and O–H groups in total. The van der Waals surface area contributed by atoms with Crippen LogP contribution in [0.4, 0.5) is 4.79 Å². The van der Waals surface area contributed by atoms with E-state index in [0.29, 0.717) is 5.70 Å². The van der Waals surface area contributed by atoms with Crippen molar-refractivity contribution in [2.45, 2.75) is 23.9 Å². The fourth-order valence-corrected chi connectivity index (χ4v) is 8.09. The van der Waals surface area contributed by atoms with E-state index in [1.165, 1.54) is 0 Å². The average molecular weight is 720 g/mol. The van der Waals surface area contributed by atoms with Crippen molar-refractivity contribution in [2.24, 2.45) is 17.1 Å². The Kier molecular flexibility index (Phi) is 10.2. The Morgan fingerprint density at radius 3 is 1.69 bits per heavy atom. The molecule has 2 unspecified atom stereocenters. The molecule has 9 heteroatoms. The molecule has 0 bridgehead atoms. The number of ether oxygens (including phenoxy) is 1. The number of alkyl carbamates (subject to hydrolysis) is 1. The molecule has 54 heavy (non-hydrogen) atoms. The van der Waals surface area contributed by atoms with Crippen molar-refractivity contribution >= 4 is 18.0 Å². The number of aliphatic hydroxyl groups excluding tert-OH is 1. The SMILES string of the molecule is NC(=O)[C@H](CC(=O)O)C1(CO)C=CC(NC(c2ccccc2)(c2ccccc2)c2ccccc2)=CC1NC(=O)OCC1c2ccccc2-c2ccccc21. The molecular weight excluding hydrogens is 679 g/mol. The van der Waals surface area contributed by atoms with Crippen LogP contribution in [0.3, 0.4) is 0 Å². The normalized spacial score (nSPS) is 18.1. The quantitative estimate of drug-likeness (QED) is 0.0874. The van der Waals surface area contributed by atoms with Gasteiger partial charge in [0.25, 0.3) is 0 Å². The number of amides is 2. The number of carboxylic acid groups (broad SMARTS) is 1. The molecule has 9 nitrogen and oxygen atoms in total. The number of fused-ring (bicyclic) bond motifs is 3. The Balaban J connectivity index is 1.27. The largest absolute Gasteiger partial charge is 0.481 e. The number of carbonyl (C=O) groups excluding carboxylic acids is 2. The van der Waals surface area contributed by atoms with E-state index in [2.05, 4.69) is 10.6 Å². The maximum atomic E-state index is 13.8. The summed E-state index contributed by atoms with van der Waals surface area (Å²) in [6.45, 7) is -0.666. The maximum Gasteiger partial charge on any atom is 0.407 e. The molecule has 7 rings (SSSR count). The van der Waals surface area contributed by atoms with Crippen LogP contribution in [0, 0.1) is 11.3 Å². The molecule has 2 aliphatic carbocycles. The lowest BCUT2D eigenvalue weighted by molar-refractivity contribution is -0.143. The molecule has 2 aliphatic rings. The molecule has 0 heterocycles. The summed E-state index contributed by atoms with van der Waals surface area (Å²) in [5.41, 5.74) is 10.8. The zero-order chi connectivity index (χ0) is 37.7. The van der Waals surface area contributed by atoms with E-state index in [9.17, 15) is 24.6 Å². The Morgan fingerprint density at radius 2 is 1.22 bits per heavy atom. The molecule has 0 fully saturated rings. The van der Waals surface area contributed by atoms with Crippen LogP contribution in [-0.4, -0.2) is 47.4 Å². The van der Waals surface area contributed by atoms with Crippen molar-refractivity contribution in [1.82, 2.24) is 10.6 Å². The molecule has 272 valence electrons. The van der Waals surface area contributed by atoms with E-state index in [1.54, 1.807) is 18.2 Å². The molecule has 5 aromatic rings. The number of aliphatic carboxylic acids is 1. The Morgan fingerprint density at radius 1 is 0.741 bits per heavy atom. The minimum atomic E-state index is -1.62. The summed E-state index contributed by atoms with van der Waals surface area (Å²) in [6, 6.07) is 44.6. The van der Waals surface area contributed by atoms with E-state index in [-0.39, 0.29) is 12.5 Å². The number of nitrogens with two attached hydrogens (primary N) is 1. The highest BCUT2D eigenvalue weighted by molar-refractivity contribution is 5.84. The van der Waals surface area contributed by atoms with Crippen LogP contribution in [0.25, 0.3) is 11.1 Å². The van der Waals surface area contributed by atoms with Crippen molar-refractivity contribution < 1.29 is 29.3 Å². The lowest BCUT2D eigenvalue weighted by Gasteiger charge is -2.44. The number of hydrogen-bond acceptors (Lipinski definition) is 6. The lowest BCUT2D eigenvalue weighted by atomic mass is 9.66. The molecule has 0 aromatic heterocycles. The highest BCUT2D eigenvalue weighted by Gasteiger charge is 2.49. The zero-order valence-corrected chi connectivity index (χ0v) is 29.5. The molecule has 0 spiro atoms. The van der Waals surface area contributed by atoms with Crippen LogP contribution in [-0.2, 0) is 19.9 Å². The number of carbonyl (C=O) groups is 3. The van der Waals surface area contributed by atoms with Gasteiger partial charge in [0, 0.05) is 17.0 Å². The van der Waals surface area contributed by atoms with E-state index in [4.69, 9.17) is 10.5 Å². The van der Waals surface area contributed by atoms with Crippen LogP contribution in [0.15, 0.2) is 163 Å². The predicted molar refractivity (Wildman–Crippen MR) is 206 cm³/mol. The van der Waals surface area contributed by atoms with Gasteiger partial charge in [-0.25, -0.2) is 4.79 Å². The van der Waals surface area contributed by atoms with E-state index in [0.717, 1.165) is 38.9 Å². The number of nitrogens with one attached hydrogen (secondary N) is 2. The summed E-state index contributed by atoms with van der Waals surface area (Å²) >= 11 is 0. The molecule has 0 radical (unpaired) electrons. The van der Waals surface area contributed by atoms with E-state index in [1.807, 2.05) is 140 Å². The second-order valence-electron chi connectivity index (χ2n) is 13.7. The maximum absolute atomic E-state index is 13.8. The van der Waals surface area contributed by atoms with Gasteiger partial charge in [-0.1, -0.05) is 146 Å². The third kappa shape index (κ3) is 6.66. The summed E-state index contributed by atoms with van der Waals surface area (Å²) < 4.78 is 5.91. The second kappa shape index (κ2) is 15.3. The third-order valence-electron chi connectivity index (χ3n) is 10.7. The molecule has 3 atom stereocenters. The van der Waals surface area contributed by atoms with Gasteiger partial charge in [-0.3, -0.25) is 9.59 Å². The smallest absolute Gasteiger partial charge is 0.407 e. The fraction of sp³-hybridized carbons (Fsp3) is 0.178. The minimum absolute atomic E-state index is 0.0247. The van der Waals surface area contributed by atoms with Gasteiger partial charge in [-0.15, -0.1) is 0 Å². The van der Waals surface area contributed by atoms with Crippen LogP contribution in [0.1, 0.15) is 40.2 Å². The summed E-state index contributed by atoms with van der Waals surface area (Å²) in [7, 11) is 0. The van der Waals surface area contributed by atoms with Gasteiger partial charge in [0.1, 0.15) is 12.1 Å². The summed E-state index contributed by atoms with van der Waals surface area (Å²) in [5, 5.41) is 27.5. The van der Waals surface area contributed by atoms with Gasteiger partial charge in [0.05, 0.1) is 25.0 Å². The lowest BCUT2D eigenvalue weighted by Crippen LogP contribution is -2.57. The molecule has 0 aliphatic heterocycles. The zero-order valence-electron chi connectivity index (χ0n) is 29.5. The van der Waals surface area contributed by atoms with E-state index >= 15 is 0 Å². The Labute approximate surface area is 313 Å². The monoisotopic (exact) mass is 719 g/mol. The van der Waals surface area contributed by atoms with Crippen LogP contribution >= 0.6 is 0 Å². The summed E-state index contributed by atoms with van der Waals surface area (Å²) in [4.78, 5) is 38.9. The highest BCUT2D eigenvalue weighted by atomic mass is 16.5. The Hall–Kier alpha value is -6.45. The van der Waals surface area contributed by atoms with Gasteiger partial charge >= 0.3 is 12.1 Å². The number of benzene rings is 5. The van der Waals surface area contributed by atoms with Gasteiger partial charge in [-0.2, -0.15) is 0 Å². The fourth-order valence-electron chi connectivity index (χ4n) is 8.09. The molecule has 2 amide bonds. The number of rotatable bonds is 13. The topological polar surface area (TPSA) is 151 Å². The van der Waals surface area contributed by atoms with E-state index < -0.39 is 53.9 Å². The van der Waals surface area contributed by atoms with Crippen molar-refractivity contribution in [3.05, 3.63) is 191 Å².